The second-order valence-electron chi connectivity index (χ2n) is 4.88. The number of nitrogens with one attached hydrogen (secondary N) is 1. The van der Waals surface area contributed by atoms with E-state index in [1.165, 1.54) is 42.5 Å². The van der Waals surface area contributed by atoms with Crippen molar-refractivity contribution in [2.75, 3.05) is 11.0 Å². The van der Waals surface area contributed by atoms with Crippen molar-refractivity contribution < 1.29 is 22.7 Å². The van der Waals surface area contributed by atoms with Crippen LogP contribution in [0.4, 0.5) is 5.69 Å². The van der Waals surface area contributed by atoms with Crippen LogP contribution in [0.15, 0.2) is 41.1 Å². The molecule has 1 atom stereocenters. The lowest BCUT2D eigenvalue weighted by Gasteiger charge is -2.12. The molecule has 0 amide bonds. The summed E-state index contributed by atoms with van der Waals surface area (Å²) < 4.78 is 29.7. The first kappa shape index (κ1) is 17.2. The maximum Gasteiger partial charge on any atom is 0.339 e. The molecule has 1 heterocycles. The highest BCUT2D eigenvalue weighted by Crippen LogP contribution is 2.15. The summed E-state index contributed by atoms with van der Waals surface area (Å²) in [5.41, 5.74) is 1.09. The topological polar surface area (TPSA) is 89.5 Å². The van der Waals surface area contributed by atoms with E-state index in [1.807, 2.05) is 0 Å². The van der Waals surface area contributed by atoms with Crippen molar-refractivity contribution in [3.05, 3.63) is 52.2 Å². The Kier molecular flexibility index (Phi) is 5.17. The molecule has 122 valence electrons. The standard InChI is InChI=1S/C15H15NO5S2/c1-10(21-15(18)12-7-8-22-9-12)14(17)11-3-5-13(6-4-11)16-23(2,19)20/h3-10,16H,1-2H3. The average molecular weight is 353 g/mol. The normalized spacial score (nSPS) is 12.4. The fourth-order valence-corrected chi connectivity index (χ4v) is 3.00. The monoisotopic (exact) mass is 353 g/mol. The van der Waals surface area contributed by atoms with Gasteiger partial charge in [0.25, 0.3) is 0 Å². The minimum absolute atomic E-state index is 0.328. The molecule has 6 nitrogen and oxygen atoms in total. The van der Waals surface area contributed by atoms with Crippen molar-refractivity contribution in [3.63, 3.8) is 0 Å². The van der Waals surface area contributed by atoms with E-state index < -0.39 is 22.1 Å². The maximum atomic E-state index is 12.2. The molecule has 0 aliphatic carbocycles. The van der Waals surface area contributed by atoms with E-state index in [0.29, 0.717) is 16.8 Å². The quantitative estimate of drug-likeness (QED) is 0.637. The van der Waals surface area contributed by atoms with E-state index >= 15 is 0 Å². The van der Waals surface area contributed by atoms with Gasteiger partial charge in [-0.05, 0) is 42.6 Å². The van der Waals surface area contributed by atoms with Crippen molar-refractivity contribution in [3.8, 4) is 0 Å². The maximum absolute atomic E-state index is 12.2. The highest BCUT2D eigenvalue weighted by molar-refractivity contribution is 7.92. The van der Waals surface area contributed by atoms with E-state index in [1.54, 1.807) is 16.8 Å². The van der Waals surface area contributed by atoms with Crippen molar-refractivity contribution in [1.29, 1.82) is 0 Å². The summed E-state index contributed by atoms with van der Waals surface area (Å²) in [5, 5.41) is 3.39. The molecule has 0 spiro atoms. The van der Waals surface area contributed by atoms with E-state index in [0.717, 1.165) is 6.26 Å². The molecule has 1 aromatic carbocycles. The Morgan fingerprint density at radius 1 is 1.13 bits per heavy atom. The molecule has 1 N–H and O–H groups in total. The number of carbonyl (C=O) groups excluding carboxylic acids is 2. The van der Waals surface area contributed by atoms with Crippen LogP contribution in [0.3, 0.4) is 0 Å². The number of rotatable bonds is 6. The summed E-state index contributed by atoms with van der Waals surface area (Å²) in [6, 6.07) is 7.52. The molecule has 2 aromatic rings. The number of carbonyl (C=O) groups is 2. The molecule has 0 saturated heterocycles. The van der Waals surface area contributed by atoms with E-state index in [9.17, 15) is 18.0 Å². The van der Waals surface area contributed by atoms with Gasteiger partial charge in [0.2, 0.25) is 15.8 Å². The highest BCUT2D eigenvalue weighted by atomic mass is 32.2. The van der Waals surface area contributed by atoms with E-state index in [2.05, 4.69) is 4.72 Å². The van der Waals surface area contributed by atoms with Gasteiger partial charge >= 0.3 is 5.97 Å². The van der Waals surface area contributed by atoms with Gasteiger partial charge < -0.3 is 4.74 Å². The van der Waals surface area contributed by atoms with Gasteiger partial charge in [-0.25, -0.2) is 13.2 Å². The average Bonchev–Trinajstić information content (AvgIpc) is 3.00. The molecule has 1 unspecified atom stereocenters. The van der Waals surface area contributed by atoms with Crippen LogP contribution in [-0.2, 0) is 14.8 Å². The number of sulfonamides is 1. The molecule has 0 bridgehead atoms. The van der Waals surface area contributed by atoms with Crippen LogP contribution in [0.1, 0.15) is 27.6 Å². The van der Waals surface area contributed by atoms with Gasteiger partial charge in [0, 0.05) is 16.6 Å². The predicted octanol–water partition coefficient (Wildman–Crippen LogP) is 2.55. The van der Waals surface area contributed by atoms with Gasteiger partial charge in [-0.15, -0.1) is 0 Å². The lowest BCUT2D eigenvalue weighted by Crippen LogP contribution is -2.24. The Hall–Kier alpha value is -2.19. The third-order valence-corrected chi connectivity index (χ3v) is 4.17. The van der Waals surface area contributed by atoms with Crippen LogP contribution >= 0.6 is 11.3 Å². The molecule has 1 aromatic heterocycles. The summed E-state index contributed by atoms with van der Waals surface area (Å²) in [6.45, 7) is 1.50. The first-order valence-corrected chi connectivity index (χ1v) is 9.45. The van der Waals surface area contributed by atoms with Crippen LogP contribution in [-0.4, -0.2) is 32.5 Å². The van der Waals surface area contributed by atoms with Gasteiger partial charge in [-0.2, -0.15) is 11.3 Å². The summed E-state index contributed by atoms with van der Waals surface area (Å²) in [4.78, 5) is 24.1. The first-order valence-electron chi connectivity index (χ1n) is 6.61. The van der Waals surface area contributed by atoms with E-state index in [4.69, 9.17) is 4.74 Å². The van der Waals surface area contributed by atoms with Crippen LogP contribution in [0.25, 0.3) is 0 Å². The van der Waals surface area contributed by atoms with Gasteiger partial charge in [-0.1, -0.05) is 0 Å². The fraction of sp³-hybridized carbons (Fsp3) is 0.200. The number of Topliss-reactive ketones (excluding diaryl/α,β-unsaturated/α-hetero) is 1. The lowest BCUT2D eigenvalue weighted by molar-refractivity contribution is 0.0319. The van der Waals surface area contributed by atoms with Crippen LogP contribution < -0.4 is 4.72 Å². The van der Waals surface area contributed by atoms with Crippen molar-refractivity contribution in [2.24, 2.45) is 0 Å². The highest BCUT2D eigenvalue weighted by Gasteiger charge is 2.20. The minimum Gasteiger partial charge on any atom is -0.451 e. The number of ketones is 1. The minimum atomic E-state index is -3.37. The first-order chi connectivity index (χ1) is 10.8. The number of ether oxygens (including phenoxy) is 1. The lowest BCUT2D eigenvalue weighted by atomic mass is 10.1. The summed E-state index contributed by atoms with van der Waals surface area (Å²) in [6.07, 6.45) is 0.106. The zero-order chi connectivity index (χ0) is 17.0. The Labute approximate surface area is 138 Å². The second kappa shape index (κ2) is 6.93. The third kappa shape index (κ3) is 4.90. The number of benzene rings is 1. The number of anilines is 1. The van der Waals surface area contributed by atoms with Crippen molar-refractivity contribution >= 4 is 38.8 Å². The molecule has 23 heavy (non-hydrogen) atoms. The largest absolute Gasteiger partial charge is 0.451 e. The van der Waals surface area contributed by atoms with Gasteiger partial charge in [0.15, 0.2) is 6.10 Å². The van der Waals surface area contributed by atoms with Crippen LogP contribution in [0.2, 0.25) is 0 Å². The van der Waals surface area contributed by atoms with Crippen LogP contribution in [0, 0.1) is 0 Å². The second-order valence-corrected chi connectivity index (χ2v) is 7.40. The van der Waals surface area contributed by atoms with Gasteiger partial charge in [0.05, 0.1) is 11.8 Å². The number of thiophene rings is 1. The third-order valence-electron chi connectivity index (χ3n) is 2.88. The van der Waals surface area contributed by atoms with E-state index in [-0.39, 0.29) is 5.78 Å². The van der Waals surface area contributed by atoms with Crippen molar-refractivity contribution in [1.82, 2.24) is 0 Å². The SMILES string of the molecule is CC(OC(=O)c1ccsc1)C(=O)c1ccc(NS(C)(=O)=O)cc1. The van der Waals surface area contributed by atoms with Gasteiger partial charge in [0.1, 0.15) is 0 Å². The zero-order valence-corrected chi connectivity index (χ0v) is 14.1. The molecule has 0 aliphatic heterocycles. The molecule has 2 rings (SSSR count). The summed E-state index contributed by atoms with van der Waals surface area (Å²) in [7, 11) is -3.37. The smallest absolute Gasteiger partial charge is 0.339 e. The van der Waals surface area contributed by atoms with Gasteiger partial charge in [-0.3, -0.25) is 9.52 Å². The number of esters is 1. The Balaban J connectivity index is 2.03. The molecule has 0 saturated carbocycles. The Bertz CT molecular complexity index is 795. The molecule has 0 fully saturated rings. The Morgan fingerprint density at radius 3 is 2.30 bits per heavy atom. The fourth-order valence-electron chi connectivity index (χ4n) is 1.81. The Morgan fingerprint density at radius 2 is 1.78 bits per heavy atom. The predicted molar refractivity (Wildman–Crippen MR) is 88.4 cm³/mol. The number of hydrogen-bond acceptors (Lipinski definition) is 6. The molecular weight excluding hydrogens is 338 g/mol. The van der Waals surface area contributed by atoms with Crippen molar-refractivity contribution in [2.45, 2.75) is 13.0 Å². The zero-order valence-electron chi connectivity index (χ0n) is 12.5. The molecular formula is C15H15NO5S2. The summed E-state index contributed by atoms with van der Waals surface area (Å²) in [5.74, 6) is -0.915. The molecule has 0 aliphatic rings. The number of hydrogen-bond donors (Lipinski definition) is 1. The summed E-state index contributed by atoms with van der Waals surface area (Å²) >= 11 is 1.36. The molecule has 0 radical (unpaired) electrons. The van der Waals surface area contributed by atoms with Crippen LogP contribution in [0.5, 0.6) is 0 Å². The molecule has 8 heteroatoms.